The highest BCUT2D eigenvalue weighted by Crippen LogP contribution is 2.11. The van der Waals surface area contributed by atoms with E-state index in [1.165, 1.54) is 16.7 Å². The topological polar surface area (TPSA) is 63.5 Å². The third kappa shape index (κ3) is 7.08. The van der Waals surface area contributed by atoms with Gasteiger partial charge in [-0.05, 0) is 29.7 Å². The molecule has 0 saturated heterocycles. The molecule has 1 aromatic heterocycles. The minimum Gasteiger partial charge on any atom is -0.375 e. The molecule has 0 unspecified atom stereocenters. The second-order valence-electron chi connectivity index (χ2n) is 6.63. The highest BCUT2D eigenvalue weighted by molar-refractivity contribution is 5.79. The third-order valence-electron chi connectivity index (χ3n) is 4.41. The van der Waals surface area contributed by atoms with Crippen LogP contribution in [0.2, 0.25) is 0 Å². The molecule has 0 aliphatic heterocycles. The molecule has 0 radical (unpaired) electrons. The average Bonchev–Trinajstić information content (AvgIpc) is 3.26. The summed E-state index contributed by atoms with van der Waals surface area (Å²) in [4.78, 5) is 4.74. The van der Waals surface area contributed by atoms with Crippen LogP contribution in [0.25, 0.3) is 0 Å². The van der Waals surface area contributed by atoms with Gasteiger partial charge in [0.05, 0.1) is 26.3 Å². The van der Waals surface area contributed by atoms with Crippen molar-refractivity contribution in [3.05, 3.63) is 89.7 Å². The van der Waals surface area contributed by atoms with Gasteiger partial charge in [-0.3, -0.25) is 4.68 Å². The van der Waals surface area contributed by atoms with Crippen molar-refractivity contribution in [2.75, 3.05) is 19.7 Å². The number of hydrogen-bond donors (Lipinski definition) is 2. The van der Waals surface area contributed by atoms with E-state index in [4.69, 9.17) is 9.73 Å². The van der Waals surface area contributed by atoms with Crippen LogP contribution in [0.5, 0.6) is 0 Å². The molecule has 29 heavy (non-hydrogen) atoms. The molecule has 3 rings (SSSR count). The average molecular weight is 392 g/mol. The second kappa shape index (κ2) is 11.7. The number of aromatic nitrogens is 2. The third-order valence-corrected chi connectivity index (χ3v) is 4.41. The van der Waals surface area contributed by atoms with Crippen LogP contribution in [-0.4, -0.2) is 35.4 Å². The molecule has 152 valence electrons. The largest absolute Gasteiger partial charge is 0.375 e. The van der Waals surface area contributed by atoms with Gasteiger partial charge >= 0.3 is 0 Å². The van der Waals surface area contributed by atoms with Gasteiger partial charge in [0.1, 0.15) is 0 Å². The second-order valence-corrected chi connectivity index (χ2v) is 6.63. The van der Waals surface area contributed by atoms with Crippen LogP contribution in [0.3, 0.4) is 0 Å². The van der Waals surface area contributed by atoms with E-state index in [-0.39, 0.29) is 0 Å². The van der Waals surface area contributed by atoms with E-state index in [1.54, 1.807) is 6.20 Å². The summed E-state index contributed by atoms with van der Waals surface area (Å²) in [6.07, 6.45) is 3.77. The molecule has 2 N–H and O–H groups in total. The fourth-order valence-electron chi connectivity index (χ4n) is 2.95. The Hall–Kier alpha value is -3.12. The molecule has 0 fully saturated rings. The normalized spacial score (nSPS) is 11.4. The van der Waals surface area contributed by atoms with Crippen LogP contribution in [0, 0.1) is 0 Å². The predicted molar refractivity (Wildman–Crippen MR) is 117 cm³/mol. The molecule has 0 amide bonds. The molecule has 0 saturated carbocycles. The lowest BCUT2D eigenvalue weighted by Gasteiger charge is -2.13. The van der Waals surface area contributed by atoms with Crippen LogP contribution >= 0.6 is 0 Å². The van der Waals surface area contributed by atoms with Crippen LogP contribution in [0.15, 0.2) is 78.0 Å². The lowest BCUT2D eigenvalue weighted by atomic mass is 10.1. The highest BCUT2D eigenvalue weighted by atomic mass is 16.5. The van der Waals surface area contributed by atoms with Crippen molar-refractivity contribution in [1.82, 2.24) is 20.4 Å². The first-order chi connectivity index (χ1) is 14.3. The standard InChI is InChI=1S/C23H29N5O/c1-2-24-23(25-14-16-29-19-20-9-4-3-5-10-20)26-17-21-11-6-7-12-22(21)18-28-15-8-13-27-28/h3-13,15H,2,14,16-19H2,1H3,(H2,24,25,26). The lowest BCUT2D eigenvalue weighted by Crippen LogP contribution is -2.39. The first kappa shape index (κ1) is 20.6. The van der Waals surface area contributed by atoms with Gasteiger partial charge < -0.3 is 15.4 Å². The van der Waals surface area contributed by atoms with Crippen molar-refractivity contribution in [2.24, 2.45) is 4.99 Å². The molecular formula is C23H29N5O. The fourth-order valence-corrected chi connectivity index (χ4v) is 2.95. The summed E-state index contributed by atoms with van der Waals surface area (Å²) in [6.45, 7) is 6.17. The Kier molecular flexibility index (Phi) is 8.29. The van der Waals surface area contributed by atoms with Crippen LogP contribution in [0.1, 0.15) is 23.6 Å². The van der Waals surface area contributed by atoms with Gasteiger partial charge in [0.15, 0.2) is 5.96 Å². The molecule has 0 aliphatic carbocycles. The van der Waals surface area contributed by atoms with Crippen LogP contribution < -0.4 is 10.6 Å². The van der Waals surface area contributed by atoms with Gasteiger partial charge in [-0.25, -0.2) is 4.99 Å². The minimum absolute atomic E-state index is 0.609. The Morgan fingerprint density at radius 3 is 2.55 bits per heavy atom. The Morgan fingerprint density at radius 2 is 1.79 bits per heavy atom. The maximum absolute atomic E-state index is 5.73. The maximum atomic E-state index is 5.73. The van der Waals surface area contributed by atoms with Crippen LogP contribution in [0.4, 0.5) is 0 Å². The minimum atomic E-state index is 0.609. The molecule has 0 spiro atoms. The number of aliphatic imine (C=N–C) groups is 1. The summed E-state index contributed by atoms with van der Waals surface area (Å²) < 4.78 is 7.66. The van der Waals surface area contributed by atoms with E-state index in [2.05, 4.69) is 59.1 Å². The number of rotatable bonds is 10. The number of hydrogen-bond acceptors (Lipinski definition) is 3. The van der Waals surface area contributed by atoms with E-state index in [0.29, 0.717) is 26.3 Å². The maximum Gasteiger partial charge on any atom is 0.191 e. The zero-order valence-corrected chi connectivity index (χ0v) is 16.9. The summed E-state index contributed by atoms with van der Waals surface area (Å²) in [5.41, 5.74) is 3.60. The molecule has 6 nitrogen and oxygen atoms in total. The SMILES string of the molecule is CCNC(=NCc1ccccc1Cn1cccn1)NCCOCc1ccccc1. The number of nitrogens with one attached hydrogen (secondary N) is 2. The van der Waals surface area contributed by atoms with Crippen molar-refractivity contribution in [2.45, 2.75) is 26.6 Å². The molecule has 0 atom stereocenters. The van der Waals surface area contributed by atoms with E-state index in [1.807, 2.05) is 35.1 Å². The Balaban J connectivity index is 1.50. The molecule has 0 bridgehead atoms. The molecule has 1 heterocycles. The van der Waals surface area contributed by atoms with Gasteiger partial charge in [-0.15, -0.1) is 0 Å². The van der Waals surface area contributed by atoms with Crippen molar-refractivity contribution in [3.63, 3.8) is 0 Å². The summed E-state index contributed by atoms with van der Waals surface area (Å²) >= 11 is 0. The first-order valence-electron chi connectivity index (χ1n) is 10.0. The summed E-state index contributed by atoms with van der Waals surface area (Å²) in [7, 11) is 0. The van der Waals surface area contributed by atoms with E-state index < -0.39 is 0 Å². The van der Waals surface area contributed by atoms with Crippen molar-refractivity contribution < 1.29 is 4.74 Å². The highest BCUT2D eigenvalue weighted by Gasteiger charge is 2.04. The summed E-state index contributed by atoms with van der Waals surface area (Å²) in [5.74, 6) is 0.796. The summed E-state index contributed by atoms with van der Waals surface area (Å²) in [6, 6.07) is 20.5. The quantitative estimate of drug-likeness (QED) is 0.316. The fraction of sp³-hybridized carbons (Fsp3) is 0.304. The first-order valence-corrected chi connectivity index (χ1v) is 10.0. The molecule has 3 aromatic rings. The Morgan fingerprint density at radius 1 is 1.00 bits per heavy atom. The van der Waals surface area contributed by atoms with Crippen molar-refractivity contribution in [1.29, 1.82) is 0 Å². The number of benzene rings is 2. The number of ether oxygens (including phenoxy) is 1. The molecule has 0 aliphatic rings. The lowest BCUT2D eigenvalue weighted by molar-refractivity contribution is 0.125. The molecule has 6 heteroatoms. The van der Waals surface area contributed by atoms with Gasteiger partial charge in [0, 0.05) is 25.5 Å². The Labute approximate surface area is 172 Å². The summed E-state index contributed by atoms with van der Waals surface area (Å²) in [5, 5.41) is 10.9. The van der Waals surface area contributed by atoms with Crippen LogP contribution in [-0.2, 0) is 24.4 Å². The van der Waals surface area contributed by atoms with Gasteiger partial charge in [-0.1, -0.05) is 54.6 Å². The van der Waals surface area contributed by atoms with Gasteiger partial charge in [0.25, 0.3) is 0 Å². The van der Waals surface area contributed by atoms with E-state index in [9.17, 15) is 0 Å². The van der Waals surface area contributed by atoms with E-state index in [0.717, 1.165) is 19.0 Å². The zero-order valence-electron chi connectivity index (χ0n) is 16.9. The zero-order chi connectivity index (χ0) is 20.2. The van der Waals surface area contributed by atoms with E-state index >= 15 is 0 Å². The molecule has 2 aromatic carbocycles. The van der Waals surface area contributed by atoms with Gasteiger partial charge in [-0.2, -0.15) is 5.10 Å². The monoisotopic (exact) mass is 391 g/mol. The smallest absolute Gasteiger partial charge is 0.191 e. The van der Waals surface area contributed by atoms with Gasteiger partial charge in [0.2, 0.25) is 0 Å². The molecular weight excluding hydrogens is 362 g/mol. The predicted octanol–water partition coefficient (Wildman–Crippen LogP) is 3.20. The number of guanidine groups is 1. The van der Waals surface area contributed by atoms with Crippen molar-refractivity contribution >= 4 is 5.96 Å². The van der Waals surface area contributed by atoms with Crippen molar-refractivity contribution in [3.8, 4) is 0 Å². The Bertz CT molecular complexity index is 862. The number of nitrogens with zero attached hydrogens (tertiary/aromatic N) is 3.